The van der Waals surface area contributed by atoms with E-state index in [2.05, 4.69) is 4.98 Å². The first kappa shape index (κ1) is 20.4. The Morgan fingerprint density at radius 1 is 0.931 bits per heavy atom. The highest BCUT2D eigenvalue weighted by Crippen LogP contribution is 2.37. The van der Waals surface area contributed by atoms with E-state index in [1.54, 1.807) is 32.2 Å². The molecule has 0 aliphatic rings. The monoisotopic (exact) mass is 395 g/mol. The molecule has 0 aliphatic carbocycles. The van der Waals surface area contributed by atoms with Crippen LogP contribution in [-0.4, -0.2) is 24.3 Å². The second kappa shape index (κ2) is 7.95. The maximum Gasteiger partial charge on any atom is 0.258 e. The van der Waals surface area contributed by atoms with Gasteiger partial charge in [0.25, 0.3) is 11.1 Å². The molecule has 3 rings (SSSR count). The summed E-state index contributed by atoms with van der Waals surface area (Å²) in [5, 5.41) is 21.4. The summed E-state index contributed by atoms with van der Waals surface area (Å²) in [6.07, 6.45) is 3.12. The first-order chi connectivity index (χ1) is 13.8. The minimum atomic E-state index is -0.958. The third-order valence-electron chi connectivity index (χ3n) is 5.27. The standard InChI is InChI=1S/C22H25N3O4/c1-5-24-13(3)10-16(26)19(21(24)28)18(15-8-7-9-23-12-15)20-17(27)11-14(4)25(6-2)22(20)29/h7-12,18,26-27H,5-6H2,1-4H3. The molecule has 29 heavy (non-hydrogen) atoms. The van der Waals surface area contributed by atoms with Gasteiger partial charge in [0.2, 0.25) is 0 Å². The van der Waals surface area contributed by atoms with Gasteiger partial charge in [0.05, 0.1) is 17.0 Å². The molecular weight excluding hydrogens is 370 g/mol. The van der Waals surface area contributed by atoms with Crippen molar-refractivity contribution in [3.05, 3.63) is 85.4 Å². The lowest BCUT2D eigenvalue weighted by Crippen LogP contribution is -2.32. The van der Waals surface area contributed by atoms with Gasteiger partial charge in [-0.2, -0.15) is 0 Å². The Labute approximate surface area is 168 Å². The number of pyridine rings is 3. The molecule has 2 N–H and O–H groups in total. The molecule has 3 heterocycles. The van der Waals surface area contributed by atoms with Crippen LogP contribution in [0, 0.1) is 13.8 Å². The van der Waals surface area contributed by atoms with E-state index in [-0.39, 0.29) is 22.6 Å². The molecule has 7 heteroatoms. The summed E-state index contributed by atoms with van der Waals surface area (Å²) in [6, 6.07) is 6.43. The highest BCUT2D eigenvalue weighted by Gasteiger charge is 2.30. The van der Waals surface area contributed by atoms with Crippen LogP contribution in [0.15, 0.2) is 46.2 Å². The maximum absolute atomic E-state index is 13.3. The zero-order valence-corrected chi connectivity index (χ0v) is 17.0. The Morgan fingerprint density at radius 2 is 1.41 bits per heavy atom. The summed E-state index contributed by atoms with van der Waals surface area (Å²) in [7, 11) is 0. The number of rotatable bonds is 5. The van der Waals surface area contributed by atoms with Gasteiger partial charge in [-0.25, -0.2) is 0 Å². The van der Waals surface area contributed by atoms with Gasteiger partial charge in [-0.1, -0.05) is 6.07 Å². The van der Waals surface area contributed by atoms with Crippen molar-refractivity contribution >= 4 is 0 Å². The fraction of sp³-hybridized carbons (Fsp3) is 0.318. The second-order valence-electron chi connectivity index (χ2n) is 6.99. The molecule has 0 radical (unpaired) electrons. The van der Waals surface area contributed by atoms with Gasteiger partial charge < -0.3 is 19.3 Å². The Hall–Kier alpha value is -3.35. The van der Waals surface area contributed by atoms with Crippen molar-refractivity contribution in [3.8, 4) is 11.5 Å². The highest BCUT2D eigenvalue weighted by molar-refractivity contribution is 5.51. The van der Waals surface area contributed by atoms with Crippen LogP contribution in [0.1, 0.15) is 47.8 Å². The molecule has 3 aromatic rings. The Bertz CT molecular complexity index is 1090. The quantitative estimate of drug-likeness (QED) is 0.692. The predicted octanol–water partition coefficient (Wildman–Crippen LogP) is 2.65. The van der Waals surface area contributed by atoms with Crippen LogP contribution in [0.3, 0.4) is 0 Å². The third kappa shape index (κ3) is 3.44. The highest BCUT2D eigenvalue weighted by atomic mass is 16.3. The summed E-state index contributed by atoms with van der Waals surface area (Å²) in [5.74, 6) is -1.39. The molecule has 0 unspecified atom stereocenters. The average molecular weight is 395 g/mol. The fourth-order valence-corrected chi connectivity index (χ4v) is 3.89. The molecule has 0 atom stereocenters. The molecule has 0 aliphatic heterocycles. The number of aromatic hydroxyl groups is 2. The van der Waals surface area contributed by atoms with Gasteiger partial charge >= 0.3 is 0 Å². The van der Waals surface area contributed by atoms with E-state index in [1.807, 2.05) is 13.8 Å². The number of hydrogen-bond donors (Lipinski definition) is 2. The summed E-state index contributed by atoms with van der Waals surface area (Å²) in [6.45, 7) is 7.97. The molecule has 0 saturated carbocycles. The van der Waals surface area contributed by atoms with Crippen molar-refractivity contribution in [2.75, 3.05) is 0 Å². The Morgan fingerprint density at radius 3 is 1.79 bits per heavy atom. The van der Waals surface area contributed by atoms with E-state index in [4.69, 9.17) is 0 Å². The largest absolute Gasteiger partial charge is 0.507 e. The normalized spacial score (nSPS) is 11.2. The van der Waals surface area contributed by atoms with E-state index in [0.717, 1.165) is 0 Å². The van der Waals surface area contributed by atoms with Crippen molar-refractivity contribution < 1.29 is 10.2 Å². The SMILES string of the molecule is CCn1c(C)cc(O)c(C(c2cccnc2)c2c(O)cc(C)n(CC)c2=O)c1=O. The summed E-state index contributed by atoms with van der Waals surface area (Å²) < 4.78 is 3.06. The number of aryl methyl sites for hydroxylation is 2. The van der Waals surface area contributed by atoms with E-state index >= 15 is 0 Å². The van der Waals surface area contributed by atoms with Crippen molar-refractivity contribution in [2.24, 2.45) is 0 Å². The second-order valence-corrected chi connectivity index (χ2v) is 6.99. The van der Waals surface area contributed by atoms with Crippen molar-refractivity contribution in [3.63, 3.8) is 0 Å². The first-order valence-corrected chi connectivity index (χ1v) is 9.58. The van der Waals surface area contributed by atoms with Gasteiger partial charge in [-0.05, 0) is 51.5 Å². The minimum absolute atomic E-state index is 0.0457. The van der Waals surface area contributed by atoms with Crippen LogP contribution in [0.4, 0.5) is 0 Å². The van der Waals surface area contributed by atoms with Gasteiger partial charge in [0.1, 0.15) is 11.5 Å². The summed E-state index contributed by atoms with van der Waals surface area (Å²) in [4.78, 5) is 30.6. The average Bonchev–Trinajstić information content (AvgIpc) is 2.67. The fourth-order valence-electron chi connectivity index (χ4n) is 3.89. The van der Waals surface area contributed by atoms with Crippen LogP contribution in [-0.2, 0) is 13.1 Å². The summed E-state index contributed by atoms with van der Waals surface area (Å²) in [5.41, 5.74) is 1.05. The predicted molar refractivity (Wildman–Crippen MR) is 111 cm³/mol. The molecule has 0 bridgehead atoms. The van der Waals surface area contributed by atoms with Crippen molar-refractivity contribution in [2.45, 2.75) is 46.7 Å². The third-order valence-corrected chi connectivity index (χ3v) is 5.27. The van der Waals surface area contributed by atoms with Gasteiger partial charge in [-0.15, -0.1) is 0 Å². The summed E-state index contributed by atoms with van der Waals surface area (Å²) >= 11 is 0. The van der Waals surface area contributed by atoms with Crippen molar-refractivity contribution in [1.82, 2.24) is 14.1 Å². The molecule has 0 saturated heterocycles. The molecule has 3 aromatic heterocycles. The first-order valence-electron chi connectivity index (χ1n) is 9.58. The Balaban J connectivity index is 2.46. The molecular formula is C22H25N3O4. The molecule has 7 nitrogen and oxygen atoms in total. The lowest BCUT2D eigenvalue weighted by atomic mass is 9.85. The van der Waals surface area contributed by atoms with E-state index in [9.17, 15) is 19.8 Å². The molecule has 0 aromatic carbocycles. The van der Waals surface area contributed by atoms with Crippen LogP contribution in [0.2, 0.25) is 0 Å². The molecule has 152 valence electrons. The number of hydrogen-bond acceptors (Lipinski definition) is 5. The lowest BCUT2D eigenvalue weighted by Gasteiger charge is -2.22. The molecule has 0 spiro atoms. The minimum Gasteiger partial charge on any atom is -0.507 e. The smallest absolute Gasteiger partial charge is 0.258 e. The van der Waals surface area contributed by atoms with E-state index in [1.165, 1.54) is 27.5 Å². The lowest BCUT2D eigenvalue weighted by molar-refractivity contribution is 0.449. The zero-order valence-electron chi connectivity index (χ0n) is 17.0. The van der Waals surface area contributed by atoms with Gasteiger partial charge in [0.15, 0.2) is 0 Å². The number of aromatic nitrogens is 3. The van der Waals surface area contributed by atoms with Crippen LogP contribution >= 0.6 is 0 Å². The topological polar surface area (TPSA) is 97.3 Å². The Kier molecular flexibility index (Phi) is 5.59. The van der Waals surface area contributed by atoms with E-state index < -0.39 is 17.0 Å². The van der Waals surface area contributed by atoms with Crippen LogP contribution in [0.25, 0.3) is 0 Å². The van der Waals surface area contributed by atoms with Gasteiger partial charge in [-0.3, -0.25) is 14.6 Å². The van der Waals surface area contributed by atoms with Gasteiger partial charge in [0, 0.05) is 36.9 Å². The maximum atomic E-state index is 13.3. The molecule has 0 amide bonds. The van der Waals surface area contributed by atoms with Crippen LogP contribution < -0.4 is 11.1 Å². The number of nitrogens with zero attached hydrogens (tertiary/aromatic N) is 3. The zero-order chi connectivity index (χ0) is 21.3. The van der Waals surface area contributed by atoms with Crippen LogP contribution in [0.5, 0.6) is 11.5 Å². The molecule has 0 fully saturated rings. The van der Waals surface area contributed by atoms with Crippen molar-refractivity contribution in [1.29, 1.82) is 0 Å². The van der Waals surface area contributed by atoms with E-state index in [0.29, 0.717) is 30.0 Å².